The van der Waals surface area contributed by atoms with Crippen molar-refractivity contribution in [3.63, 3.8) is 0 Å². The summed E-state index contributed by atoms with van der Waals surface area (Å²) in [7, 11) is 2.05. The highest BCUT2D eigenvalue weighted by Crippen LogP contribution is 2.28. The van der Waals surface area contributed by atoms with E-state index in [1.807, 2.05) is 6.92 Å². The maximum Gasteiger partial charge on any atom is 0.146 e. The molecule has 106 valence electrons. The van der Waals surface area contributed by atoms with Crippen LogP contribution in [0.5, 0.6) is 0 Å². The standard InChI is InChI=1S/C14H25N5/c1-11-16-17-14(18(11)2)10-19-7-5-13(6-8-19)15-9-12-3-4-12/h12-13,15H,3-10H2,1-2H3. The molecule has 0 bridgehead atoms. The van der Waals surface area contributed by atoms with Crippen LogP contribution in [0.1, 0.15) is 37.3 Å². The summed E-state index contributed by atoms with van der Waals surface area (Å²) in [5.74, 6) is 3.07. The molecule has 0 radical (unpaired) electrons. The van der Waals surface area contributed by atoms with Gasteiger partial charge in [-0.05, 0) is 45.1 Å². The van der Waals surface area contributed by atoms with Crippen LogP contribution < -0.4 is 5.32 Å². The van der Waals surface area contributed by atoms with Gasteiger partial charge in [0.1, 0.15) is 11.6 Å². The van der Waals surface area contributed by atoms with Crippen molar-refractivity contribution in [2.75, 3.05) is 19.6 Å². The minimum atomic E-state index is 0.734. The highest BCUT2D eigenvalue weighted by Gasteiger charge is 2.24. The molecule has 1 saturated heterocycles. The van der Waals surface area contributed by atoms with Gasteiger partial charge in [-0.2, -0.15) is 0 Å². The van der Waals surface area contributed by atoms with Crippen molar-refractivity contribution in [3.05, 3.63) is 11.6 Å². The number of aryl methyl sites for hydroxylation is 1. The number of nitrogens with zero attached hydrogens (tertiary/aromatic N) is 4. The van der Waals surface area contributed by atoms with Crippen LogP contribution in [0.2, 0.25) is 0 Å². The van der Waals surface area contributed by atoms with E-state index in [1.54, 1.807) is 0 Å². The van der Waals surface area contributed by atoms with Crippen molar-refractivity contribution >= 4 is 0 Å². The molecule has 1 saturated carbocycles. The minimum absolute atomic E-state index is 0.734. The van der Waals surface area contributed by atoms with E-state index in [-0.39, 0.29) is 0 Å². The van der Waals surface area contributed by atoms with Crippen LogP contribution in [0.4, 0.5) is 0 Å². The Hall–Kier alpha value is -0.940. The van der Waals surface area contributed by atoms with E-state index in [1.165, 1.54) is 45.3 Å². The second-order valence-corrected chi connectivity index (χ2v) is 6.12. The molecule has 0 amide bonds. The summed E-state index contributed by atoms with van der Waals surface area (Å²) >= 11 is 0. The molecule has 3 rings (SSSR count). The van der Waals surface area contributed by atoms with Crippen LogP contribution in [-0.2, 0) is 13.6 Å². The molecule has 2 fully saturated rings. The molecule has 5 nitrogen and oxygen atoms in total. The molecule has 1 aromatic rings. The summed E-state index contributed by atoms with van der Waals surface area (Å²) in [4.78, 5) is 2.50. The highest BCUT2D eigenvalue weighted by molar-refractivity contribution is 4.93. The lowest BCUT2D eigenvalue weighted by Crippen LogP contribution is -2.43. The zero-order chi connectivity index (χ0) is 13.2. The average molecular weight is 263 g/mol. The first-order chi connectivity index (χ1) is 9.22. The van der Waals surface area contributed by atoms with E-state index in [0.717, 1.165) is 30.2 Å². The van der Waals surface area contributed by atoms with E-state index >= 15 is 0 Å². The van der Waals surface area contributed by atoms with Gasteiger partial charge in [0.25, 0.3) is 0 Å². The van der Waals surface area contributed by atoms with Crippen molar-refractivity contribution in [1.82, 2.24) is 25.0 Å². The normalized spacial score (nSPS) is 22.0. The van der Waals surface area contributed by atoms with Crippen molar-refractivity contribution in [2.45, 2.75) is 45.2 Å². The van der Waals surface area contributed by atoms with Gasteiger partial charge in [0.05, 0.1) is 6.54 Å². The molecule has 1 aliphatic carbocycles. The second-order valence-electron chi connectivity index (χ2n) is 6.12. The Labute approximate surface area is 115 Å². The third-order valence-corrected chi connectivity index (χ3v) is 4.53. The molecule has 0 spiro atoms. The SMILES string of the molecule is Cc1nnc(CN2CCC(NCC3CC3)CC2)n1C. The Morgan fingerprint density at radius 2 is 1.89 bits per heavy atom. The predicted molar refractivity (Wildman–Crippen MR) is 74.8 cm³/mol. The number of rotatable bonds is 5. The lowest BCUT2D eigenvalue weighted by molar-refractivity contribution is 0.184. The van der Waals surface area contributed by atoms with E-state index in [0.29, 0.717) is 0 Å². The first-order valence-corrected chi connectivity index (χ1v) is 7.53. The van der Waals surface area contributed by atoms with Crippen LogP contribution in [0, 0.1) is 12.8 Å². The summed E-state index contributed by atoms with van der Waals surface area (Å²) in [5.41, 5.74) is 0. The van der Waals surface area contributed by atoms with Crippen LogP contribution in [0.25, 0.3) is 0 Å². The Morgan fingerprint density at radius 1 is 1.16 bits per heavy atom. The quantitative estimate of drug-likeness (QED) is 0.864. The van der Waals surface area contributed by atoms with Gasteiger partial charge in [0.2, 0.25) is 0 Å². The van der Waals surface area contributed by atoms with Crippen LogP contribution in [0.15, 0.2) is 0 Å². The van der Waals surface area contributed by atoms with Crippen molar-refractivity contribution in [1.29, 1.82) is 0 Å². The topological polar surface area (TPSA) is 46.0 Å². The summed E-state index contributed by atoms with van der Waals surface area (Å²) < 4.78 is 2.09. The second kappa shape index (κ2) is 5.59. The molecule has 1 aromatic heterocycles. The largest absolute Gasteiger partial charge is 0.317 e. The van der Waals surface area contributed by atoms with Gasteiger partial charge in [0, 0.05) is 26.2 Å². The number of hydrogen-bond donors (Lipinski definition) is 1. The highest BCUT2D eigenvalue weighted by atomic mass is 15.3. The summed E-state index contributed by atoms with van der Waals surface area (Å²) in [6.07, 6.45) is 5.42. The van der Waals surface area contributed by atoms with E-state index in [9.17, 15) is 0 Å². The average Bonchev–Trinajstić information content (AvgIpc) is 3.20. The molecule has 0 atom stereocenters. The van der Waals surface area contributed by atoms with Gasteiger partial charge in [-0.1, -0.05) is 0 Å². The first-order valence-electron chi connectivity index (χ1n) is 7.53. The summed E-state index contributed by atoms with van der Waals surface area (Å²) in [6, 6.07) is 0.734. The Morgan fingerprint density at radius 3 is 2.47 bits per heavy atom. The number of piperidine rings is 1. The number of likely N-dealkylation sites (tertiary alicyclic amines) is 1. The van der Waals surface area contributed by atoms with Crippen LogP contribution >= 0.6 is 0 Å². The van der Waals surface area contributed by atoms with Gasteiger partial charge in [-0.25, -0.2) is 0 Å². The molecule has 1 aliphatic heterocycles. The van der Waals surface area contributed by atoms with E-state index in [4.69, 9.17) is 0 Å². The molecule has 5 heteroatoms. The van der Waals surface area contributed by atoms with Crippen LogP contribution in [-0.4, -0.2) is 45.3 Å². The third-order valence-electron chi connectivity index (χ3n) is 4.53. The van der Waals surface area contributed by atoms with Gasteiger partial charge >= 0.3 is 0 Å². The zero-order valence-electron chi connectivity index (χ0n) is 12.1. The lowest BCUT2D eigenvalue weighted by atomic mass is 10.0. The predicted octanol–water partition coefficient (Wildman–Crippen LogP) is 1.09. The molecule has 1 N–H and O–H groups in total. The fourth-order valence-electron chi connectivity index (χ4n) is 2.74. The molecule has 19 heavy (non-hydrogen) atoms. The number of aromatic nitrogens is 3. The lowest BCUT2D eigenvalue weighted by Gasteiger charge is -2.32. The maximum absolute atomic E-state index is 4.25. The van der Waals surface area contributed by atoms with Crippen LogP contribution in [0.3, 0.4) is 0 Å². The van der Waals surface area contributed by atoms with Crippen molar-refractivity contribution in [3.8, 4) is 0 Å². The zero-order valence-corrected chi connectivity index (χ0v) is 12.1. The van der Waals surface area contributed by atoms with Crippen molar-refractivity contribution < 1.29 is 0 Å². The van der Waals surface area contributed by atoms with E-state index < -0.39 is 0 Å². The van der Waals surface area contributed by atoms with Crippen molar-refractivity contribution in [2.24, 2.45) is 13.0 Å². The third kappa shape index (κ3) is 3.34. The fourth-order valence-corrected chi connectivity index (χ4v) is 2.74. The minimum Gasteiger partial charge on any atom is -0.317 e. The molecule has 2 heterocycles. The Kier molecular flexibility index (Phi) is 3.84. The molecular weight excluding hydrogens is 238 g/mol. The van der Waals surface area contributed by atoms with Gasteiger partial charge in [-0.15, -0.1) is 10.2 Å². The summed E-state index contributed by atoms with van der Waals surface area (Å²) in [5, 5.41) is 12.1. The van der Waals surface area contributed by atoms with E-state index in [2.05, 4.69) is 32.0 Å². The first kappa shape index (κ1) is 13.1. The Balaban J connectivity index is 1.43. The smallest absolute Gasteiger partial charge is 0.146 e. The number of nitrogens with one attached hydrogen (secondary N) is 1. The molecule has 0 unspecified atom stereocenters. The molecule has 2 aliphatic rings. The van der Waals surface area contributed by atoms with Gasteiger partial charge in [-0.3, -0.25) is 4.90 Å². The fraction of sp³-hybridized carbons (Fsp3) is 0.857. The monoisotopic (exact) mass is 263 g/mol. The maximum atomic E-state index is 4.25. The Bertz CT molecular complexity index is 415. The molecule has 0 aromatic carbocycles. The molecular formula is C14H25N5. The van der Waals surface area contributed by atoms with Gasteiger partial charge in [0.15, 0.2) is 0 Å². The summed E-state index contributed by atoms with van der Waals surface area (Å²) in [6.45, 7) is 6.53. The number of hydrogen-bond acceptors (Lipinski definition) is 4. The van der Waals surface area contributed by atoms with Gasteiger partial charge < -0.3 is 9.88 Å².